The van der Waals surface area contributed by atoms with Crippen molar-refractivity contribution < 1.29 is 14.3 Å². The summed E-state index contributed by atoms with van der Waals surface area (Å²) in [5.41, 5.74) is 6.83. The summed E-state index contributed by atoms with van der Waals surface area (Å²) in [6.07, 6.45) is 0. The molecule has 20 heavy (non-hydrogen) atoms. The van der Waals surface area contributed by atoms with Crippen molar-refractivity contribution in [2.75, 3.05) is 24.8 Å². The predicted molar refractivity (Wildman–Crippen MR) is 78.0 cm³/mol. The zero-order valence-corrected chi connectivity index (χ0v) is 11.1. The first-order chi connectivity index (χ1) is 9.69. The van der Waals surface area contributed by atoms with Crippen LogP contribution in [0.25, 0.3) is 0 Å². The van der Waals surface area contributed by atoms with Gasteiger partial charge < -0.3 is 20.5 Å². The number of para-hydroxylation sites is 2. The number of hydrogen-bond donors (Lipinski definition) is 2. The van der Waals surface area contributed by atoms with E-state index in [2.05, 4.69) is 5.32 Å². The Morgan fingerprint density at radius 3 is 2.75 bits per heavy atom. The lowest BCUT2D eigenvalue weighted by Gasteiger charge is -2.10. The molecule has 2 aromatic rings. The molecule has 2 rings (SSSR count). The van der Waals surface area contributed by atoms with Gasteiger partial charge >= 0.3 is 0 Å². The summed E-state index contributed by atoms with van der Waals surface area (Å²) in [4.78, 5) is 11.8. The van der Waals surface area contributed by atoms with Crippen LogP contribution in [0.3, 0.4) is 0 Å². The Balaban J connectivity index is 1.93. The quantitative estimate of drug-likeness (QED) is 0.819. The number of carbonyl (C=O) groups excluding carboxylic acids is 1. The van der Waals surface area contributed by atoms with E-state index in [1.807, 2.05) is 12.1 Å². The Labute approximate surface area is 117 Å². The van der Waals surface area contributed by atoms with Gasteiger partial charge in [-0.3, -0.25) is 4.79 Å². The summed E-state index contributed by atoms with van der Waals surface area (Å²) in [7, 11) is 1.55. The Hall–Kier alpha value is -2.69. The largest absolute Gasteiger partial charge is 0.495 e. The van der Waals surface area contributed by atoms with Crippen LogP contribution >= 0.6 is 0 Å². The molecule has 0 spiro atoms. The van der Waals surface area contributed by atoms with Gasteiger partial charge in [-0.25, -0.2) is 0 Å². The third-order valence-corrected chi connectivity index (χ3v) is 2.61. The summed E-state index contributed by atoms with van der Waals surface area (Å²) in [5, 5.41) is 2.73. The van der Waals surface area contributed by atoms with Gasteiger partial charge in [-0.1, -0.05) is 18.2 Å². The van der Waals surface area contributed by atoms with Crippen molar-refractivity contribution in [2.45, 2.75) is 0 Å². The van der Waals surface area contributed by atoms with Gasteiger partial charge in [0, 0.05) is 11.8 Å². The van der Waals surface area contributed by atoms with E-state index in [-0.39, 0.29) is 12.5 Å². The number of carbonyl (C=O) groups is 1. The van der Waals surface area contributed by atoms with Gasteiger partial charge in [0.05, 0.1) is 12.8 Å². The molecule has 104 valence electrons. The van der Waals surface area contributed by atoms with Crippen LogP contribution < -0.4 is 20.5 Å². The van der Waals surface area contributed by atoms with Crippen molar-refractivity contribution in [3.05, 3.63) is 48.5 Å². The molecule has 0 aliphatic heterocycles. The van der Waals surface area contributed by atoms with Crippen molar-refractivity contribution in [3.63, 3.8) is 0 Å². The lowest BCUT2D eigenvalue weighted by Crippen LogP contribution is -2.20. The van der Waals surface area contributed by atoms with Crippen LogP contribution in [-0.2, 0) is 4.79 Å². The number of benzene rings is 2. The standard InChI is InChI=1S/C15H16N2O3/c1-19-14-8-3-2-7-13(14)17-15(18)10-20-12-6-4-5-11(16)9-12/h2-9H,10,16H2,1H3,(H,17,18). The summed E-state index contributed by atoms with van der Waals surface area (Å²) in [5.74, 6) is 0.891. The molecule has 0 unspecified atom stereocenters. The fourth-order valence-electron chi connectivity index (χ4n) is 1.69. The average Bonchev–Trinajstić information content (AvgIpc) is 2.46. The van der Waals surface area contributed by atoms with E-state index in [4.69, 9.17) is 15.2 Å². The number of methoxy groups -OCH3 is 1. The van der Waals surface area contributed by atoms with E-state index in [1.54, 1.807) is 43.5 Å². The van der Waals surface area contributed by atoms with Gasteiger partial charge in [-0.2, -0.15) is 0 Å². The zero-order chi connectivity index (χ0) is 14.4. The van der Waals surface area contributed by atoms with Crippen LogP contribution in [0, 0.1) is 0 Å². The maximum absolute atomic E-state index is 11.8. The number of nitrogens with two attached hydrogens (primary N) is 1. The minimum absolute atomic E-state index is 0.0957. The molecule has 0 saturated heterocycles. The van der Waals surface area contributed by atoms with Gasteiger partial charge in [-0.15, -0.1) is 0 Å². The summed E-state index contributed by atoms with van der Waals surface area (Å²) in [6.45, 7) is -0.0957. The van der Waals surface area contributed by atoms with Crippen molar-refractivity contribution in [2.24, 2.45) is 0 Å². The van der Waals surface area contributed by atoms with Crippen molar-refractivity contribution in [3.8, 4) is 11.5 Å². The fraction of sp³-hybridized carbons (Fsp3) is 0.133. The monoisotopic (exact) mass is 272 g/mol. The van der Waals surface area contributed by atoms with E-state index >= 15 is 0 Å². The molecule has 3 N–H and O–H groups in total. The summed E-state index contributed by atoms with van der Waals surface area (Å²) in [6, 6.07) is 14.1. The molecular weight excluding hydrogens is 256 g/mol. The van der Waals surface area contributed by atoms with Crippen molar-refractivity contribution in [1.29, 1.82) is 0 Å². The van der Waals surface area contributed by atoms with E-state index in [9.17, 15) is 4.79 Å². The second-order valence-corrected chi connectivity index (χ2v) is 4.11. The summed E-state index contributed by atoms with van der Waals surface area (Å²) >= 11 is 0. The molecule has 0 bridgehead atoms. The van der Waals surface area contributed by atoms with Crippen molar-refractivity contribution >= 4 is 17.3 Å². The highest BCUT2D eigenvalue weighted by molar-refractivity contribution is 5.93. The predicted octanol–water partition coefficient (Wildman–Crippen LogP) is 2.29. The molecule has 5 nitrogen and oxygen atoms in total. The first-order valence-electron chi connectivity index (χ1n) is 6.10. The van der Waals surface area contributed by atoms with E-state index in [0.717, 1.165) is 0 Å². The van der Waals surface area contributed by atoms with Crippen LogP contribution in [0.2, 0.25) is 0 Å². The number of nitrogen functional groups attached to an aromatic ring is 1. The van der Waals surface area contributed by atoms with Gasteiger partial charge in [0.15, 0.2) is 6.61 Å². The zero-order valence-electron chi connectivity index (χ0n) is 11.1. The summed E-state index contributed by atoms with van der Waals surface area (Å²) < 4.78 is 10.5. The van der Waals surface area contributed by atoms with Gasteiger partial charge in [0.1, 0.15) is 11.5 Å². The minimum Gasteiger partial charge on any atom is -0.495 e. The molecule has 0 heterocycles. The second-order valence-electron chi connectivity index (χ2n) is 4.11. The van der Waals surface area contributed by atoms with Gasteiger partial charge in [0.25, 0.3) is 5.91 Å². The molecule has 0 aliphatic carbocycles. The topological polar surface area (TPSA) is 73.6 Å². The molecule has 0 aromatic heterocycles. The number of nitrogens with one attached hydrogen (secondary N) is 1. The third kappa shape index (κ3) is 3.65. The van der Waals surface area contributed by atoms with Crippen LogP contribution in [0.5, 0.6) is 11.5 Å². The Morgan fingerprint density at radius 1 is 1.20 bits per heavy atom. The van der Waals surface area contributed by atoms with Crippen molar-refractivity contribution in [1.82, 2.24) is 0 Å². The molecule has 0 radical (unpaired) electrons. The maximum Gasteiger partial charge on any atom is 0.262 e. The number of anilines is 2. The van der Waals surface area contributed by atoms with Crippen LogP contribution in [-0.4, -0.2) is 19.6 Å². The number of amides is 1. The molecule has 5 heteroatoms. The molecule has 2 aromatic carbocycles. The Bertz CT molecular complexity index is 599. The van der Waals surface area contributed by atoms with E-state index in [0.29, 0.717) is 22.9 Å². The SMILES string of the molecule is COc1ccccc1NC(=O)COc1cccc(N)c1. The van der Waals surface area contributed by atoms with Crippen LogP contribution in [0.15, 0.2) is 48.5 Å². The van der Waals surface area contributed by atoms with E-state index < -0.39 is 0 Å². The molecule has 0 fully saturated rings. The van der Waals surface area contributed by atoms with Crippen LogP contribution in [0.4, 0.5) is 11.4 Å². The van der Waals surface area contributed by atoms with Crippen LogP contribution in [0.1, 0.15) is 0 Å². The minimum atomic E-state index is -0.267. The fourth-order valence-corrected chi connectivity index (χ4v) is 1.69. The second kappa shape index (κ2) is 6.47. The lowest BCUT2D eigenvalue weighted by molar-refractivity contribution is -0.118. The van der Waals surface area contributed by atoms with Gasteiger partial charge in [0.2, 0.25) is 0 Å². The first kappa shape index (κ1) is 13.7. The van der Waals surface area contributed by atoms with E-state index in [1.165, 1.54) is 0 Å². The Kier molecular flexibility index (Phi) is 4.44. The highest BCUT2D eigenvalue weighted by Crippen LogP contribution is 2.23. The maximum atomic E-state index is 11.8. The molecule has 0 saturated carbocycles. The van der Waals surface area contributed by atoms with Gasteiger partial charge in [-0.05, 0) is 24.3 Å². The lowest BCUT2D eigenvalue weighted by atomic mass is 10.3. The number of hydrogen-bond acceptors (Lipinski definition) is 4. The molecular formula is C15H16N2O3. The molecule has 0 atom stereocenters. The average molecular weight is 272 g/mol. The first-order valence-corrected chi connectivity index (χ1v) is 6.10. The molecule has 1 amide bonds. The Morgan fingerprint density at radius 2 is 2.00 bits per heavy atom. The highest BCUT2D eigenvalue weighted by Gasteiger charge is 2.07. The molecule has 0 aliphatic rings. The number of rotatable bonds is 5. The number of ether oxygens (including phenoxy) is 2. The smallest absolute Gasteiger partial charge is 0.262 e. The normalized spacial score (nSPS) is 9.85. The highest BCUT2D eigenvalue weighted by atomic mass is 16.5. The third-order valence-electron chi connectivity index (χ3n) is 2.61.